The van der Waals surface area contributed by atoms with Crippen LogP contribution in [0, 0.1) is 0 Å². The molecular weight excluding hydrogens is 394 g/mol. The van der Waals surface area contributed by atoms with E-state index >= 15 is 0 Å². The van der Waals surface area contributed by atoms with Crippen LogP contribution in [0.25, 0.3) is 0 Å². The van der Waals surface area contributed by atoms with E-state index < -0.39 is 11.5 Å². The Kier molecular flexibility index (Phi) is 4.87. The van der Waals surface area contributed by atoms with Crippen LogP contribution in [0.4, 0.5) is 0 Å². The standard InChI is InChI=1S/C25H23NO5.H2/c1-29-20-5-3-2-4-19(20)24(28)16-6-8-18(26-14-16)13-23(27)25(10-11-25)17-7-9-21-22(12-17)31-15-30-21;/h2-9,12,14,24,28H,10-11,13,15H2,1H3;1H. The summed E-state index contributed by atoms with van der Waals surface area (Å²) in [5.74, 6) is 2.19. The number of aliphatic hydroxyl groups is 1. The molecule has 0 amide bonds. The molecule has 1 aliphatic heterocycles. The zero-order chi connectivity index (χ0) is 21.4. The molecule has 31 heavy (non-hydrogen) atoms. The molecule has 5 rings (SSSR count). The van der Waals surface area contributed by atoms with Gasteiger partial charge in [-0.3, -0.25) is 9.78 Å². The first-order valence-corrected chi connectivity index (χ1v) is 10.3. The summed E-state index contributed by atoms with van der Waals surface area (Å²) in [5, 5.41) is 10.7. The second-order valence-corrected chi connectivity index (χ2v) is 7.98. The van der Waals surface area contributed by atoms with Crippen molar-refractivity contribution in [1.29, 1.82) is 0 Å². The van der Waals surface area contributed by atoms with E-state index in [1.54, 1.807) is 13.3 Å². The number of ketones is 1. The van der Waals surface area contributed by atoms with Gasteiger partial charge in [-0.15, -0.1) is 0 Å². The van der Waals surface area contributed by atoms with Crippen molar-refractivity contribution >= 4 is 5.78 Å². The average molecular weight is 419 g/mol. The summed E-state index contributed by atoms with van der Waals surface area (Å²) in [6.07, 6.45) is 2.68. The second kappa shape index (κ2) is 7.71. The van der Waals surface area contributed by atoms with Crippen LogP contribution in [0.1, 0.15) is 42.8 Å². The molecule has 3 aromatic rings. The Balaban J connectivity index is 0.00000245. The topological polar surface area (TPSA) is 77.9 Å². The first kappa shape index (κ1) is 19.6. The maximum Gasteiger partial charge on any atom is 0.231 e. The molecule has 6 nitrogen and oxygen atoms in total. The fourth-order valence-electron chi connectivity index (χ4n) is 4.16. The third-order valence-electron chi connectivity index (χ3n) is 6.15. The van der Waals surface area contributed by atoms with Gasteiger partial charge in [-0.2, -0.15) is 0 Å². The number of pyridine rings is 1. The van der Waals surface area contributed by atoms with Crippen LogP contribution in [-0.4, -0.2) is 29.8 Å². The van der Waals surface area contributed by atoms with E-state index in [-0.39, 0.29) is 20.4 Å². The van der Waals surface area contributed by atoms with Crippen LogP contribution >= 0.6 is 0 Å². The Morgan fingerprint density at radius 1 is 1.16 bits per heavy atom. The molecule has 6 heteroatoms. The number of carbonyl (C=O) groups excluding carboxylic acids is 1. The van der Waals surface area contributed by atoms with E-state index in [2.05, 4.69) is 4.98 Å². The highest BCUT2D eigenvalue weighted by atomic mass is 16.7. The van der Waals surface area contributed by atoms with Gasteiger partial charge in [0.2, 0.25) is 6.79 Å². The molecule has 1 atom stereocenters. The molecule has 1 aromatic heterocycles. The van der Waals surface area contributed by atoms with Crippen molar-refractivity contribution in [2.75, 3.05) is 13.9 Å². The minimum atomic E-state index is -0.850. The predicted molar refractivity (Wildman–Crippen MR) is 116 cm³/mol. The second-order valence-electron chi connectivity index (χ2n) is 7.98. The highest BCUT2D eigenvalue weighted by molar-refractivity contribution is 5.94. The van der Waals surface area contributed by atoms with Gasteiger partial charge in [0, 0.05) is 30.9 Å². The Morgan fingerprint density at radius 2 is 1.97 bits per heavy atom. The van der Waals surface area contributed by atoms with Crippen molar-refractivity contribution < 1.29 is 25.5 Å². The lowest BCUT2D eigenvalue weighted by Gasteiger charge is -2.16. The lowest BCUT2D eigenvalue weighted by atomic mass is 9.88. The van der Waals surface area contributed by atoms with Gasteiger partial charge in [-0.25, -0.2) is 0 Å². The summed E-state index contributed by atoms with van der Waals surface area (Å²) in [4.78, 5) is 17.6. The van der Waals surface area contributed by atoms with Crippen molar-refractivity contribution in [3.05, 3.63) is 83.2 Å². The molecule has 0 bridgehead atoms. The van der Waals surface area contributed by atoms with Gasteiger partial charge in [0.25, 0.3) is 0 Å². The number of fused-ring (bicyclic) bond motifs is 1. The van der Waals surface area contributed by atoms with Crippen LogP contribution < -0.4 is 14.2 Å². The van der Waals surface area contributed by atoms with Crippen LogP contribution in [0.2, 0.25) is 0 Å². The monoisotopic (exact) mass is 419 g/mol. The molecule has 2 aromatic carbocycles. The molecule has 2 heterocycles. The number of benzene rings is 2. The number of aromatic nitrogens is 1. The Hall–Kier alpha value is -3.38. The molecule has 0 saturated heterocycles. The maximum atomic E-state index is 13.1. The fourth-order valence-corrected chi connectivity index (χ4v) is 4.16. The molecule has 1 aliphatic carbocycles. The van der Waals surface area contributed by atoms with Crippen molar-refractivity contribution in [2.45, 2.75) is 30.8 Å². The lowest BCUT2D eigenvalue weighted by molar-refractivity contribution is -0.120. The predicted octanol–water partition coefficient (Wildman–Crippen LogP) is 3.99. The van der Waals surface area contributed by atoms with Crippen molar-refractivity contribution in [2.24, 2.45) is 0 Å². The van der Waals surface area contributed by atoms with E-state index in [1.807, 2.05) is 54.6 Å². The summed E-state index contributed by atoms with van der Waals surface area (Å²) >= 11 is 0. The minimum Gasteiger partial charge on any atom is -0.496 e. The normalized spacial score (nSPS) is 16.6. The highest BCUT2D eigenvalue weighted by Gasteiger charge is 2.50. The van der Waals surface area contributed by atoms with Gasteiger partial charge in [-0.05, 0) is 42.7 Å². The summed E-state index contributed by atoms with van der Waals surface area (Å²) in [6.45, 7) is 0.219. The number of Topliss-reactive ketones (excluding diaryl/α,β-unsaturated/α-hetero) is 1. The Bertz CT molecular complexity index is 1130. The molecule has 160 valence electrons. The summed E-state index contributed by atoms with van der Waals surface area (Å²) < 4.78 is 16.2. The van der Waals surface area contributed by atoms with Gasteiger partial charge in [0.1, 0.15) is 17.6 Å². The van der Waals surface area contributed by atoms with Gasteiger partial charge < -0.3 is 19.3 Å². The highest BCUT2D eigenvalue weighted by Crippen LogP contribution is 2.51. The van der Waals surface area contributed by atoms with E-state index in [1.165, 1.54) is 0 Å². The third kappa shape index (κ3) is 3.53. The number of carbonyl (C=O) groups is 1. The van der Waals surface area contributed by atoms with E-state index in [4.69, 9.17) is 14.2 Å². The van der Waals surface area contributed by atoms with Gasteiger partial charge in [0.15, 0.2) is 11.5 Å². The van der Waals surface area contributed by atoms with Crippen LogP contribution in [0.5, 0.6) is 17.2 Å². The van der Waals surface area contributed by atoms with Crippen molar-refractivity contribution in [3.63, 3.8) is 0 Å². The number of nitrogens with zero attached hydrogens (tertiary/aromatic N) is 1. The lowest BCUT2D eigenvalue weighted by Crippen LogP contribution is -2.23. The van der Waals surface area contributed by atoms with E-state index in [0.717, 1.165) is 24.2 Å². The SMILES string of the molecule is COc1ccccc1C(O)c1ccc(CC(=O)C2(c3ccc4c(c3)OCO4)CC2)nc1.[HH]. The summed E-state index contributed by atoms with van der Waals surface area (Å²) in [6, 6.07) is 16.7. The molecular formula is C25H25NO5. The maximum absolute atomic E-state index is 13.1. The number of hydrogen-bond donors (Lipinski definition) is 1. The molecule has 2 aliphatic rings. The molecule has 1 N–H and O–H groups in total. The quantitative estimate of drug-likeness (QED) is 0.624. The summed E-state index contributed by atoms with van der Waals surface area (Å²) in [5.41, 5.74) is 2.53. The molecule has 1 saturated carbocycles. The van der Waals surface area contributed by atoms with Crippen LogP contribution in [-0.2, 0) is 16.6 Å². The van der Waals surface area contributed by atoms with Crippen molar-refractivity contribution in [1.82, 2.24) is 4.98 Å². The van der Waals surface area contributed by atoms with Gasteiger partial charge in [-0.1, -0.05) is 30.3 Å². The average Bonchev–Trinajstić information content (AvgIpc) is 3.50. The van der Waals surface area contributed by atoms with Gasteiger partial charge in [0.05, 0.1) is 12.5 Å². The minimum absolute atomic E-state index is 0. The number of rotatable bonds is 7. The van der Waals surface area contributed by atoms with Gasteiger partial charge >= 0.3 is 0 Å². The van der Waals surface area contributed by atoms with Crippen LogP contribution in [0.3, 0.4) is 0 Å². The number of para-hydroxylation sites is 1. The van der Waals surface area contributed by atoms with Crippen molar-refractivity contribution in [3.8, 4) is 17.2 Å². The number of aliphatic hydroxyl groups excluding tert-OH is 1. The zero-order valence-electron chi connectivity index (χ0n) is 17.2. The first-order valence-electron chi connectivity index (χ1n) is 10.3. The first-order chi connectivity index (χ1) is 15.1. The van der Waals surface area contributed by atoms with E-state index in [9.17, 15) is 9.90 Å². The smallest absolute Gasteiger partial charge is 0.231 e. The number of ether oxygens (including phenoxy) is 3. The van der Waals surface area contributed by atoms with E-state index in [0.29, 0.717) is 28.3 Å². The Morgan fingerprint density at radius 3 is 2.71 bits per heavy atom. The molecule has 0 radical (unpaired) electrons. The van der Waals surface area contributed by atoms with Crippen LogP contribution in [0.15, 0.2) is 60.8 Å². The Labute approximate surface area is 181 Å². The molecule has 1 fully saturated rings. The zero-order valence-corrected chi connectivity index (χ0v) is 17.2. The molecule has 1 unspecified atom stereocenters. The number of hydrogen-bond acceptors (Lipinski definition) is 6. The fraction of sp³-hybridized carbons (Fsp3) is 0.280. The number of methoxy groups -OCH3 is 1. The summed E-state index contributed by atoms with van der Waals surface area (Å²) in [7, 11) is 1.58. The molecule has 0 spiro atoms. The largest absolute Gasteiger partial charge is 0.496 e. The third-order valence-corrected chi connectivity index (χ3v) is 6.15.